The van der Waals surface area contributed by atoms with E-state index in [2.05, 4.69) is 13.8 Å². The van der Waals surface area contributed by atoms with Gasteiger partial charge in [0.15, 0.2) is 0 Å². The van der Waals surface area contributed by atoms with Crippen LogP contribution in [0.25, 0.3) is 0 Å². The highest BCUT2D eigenvalue weighted by Gasteiger charge is 2.26. The summed E-state index contributed by atoms with van der Waals surface area (Å²) in [5, 5.41) is 0. The highest BCUT2D eigenvalue weighted by atomic mass is 14.8. The van der Waals surface area contributed by atoms with Crippen LogP contribution in [0.1, 0.15) is 26.7 Å². The molecule has 3 heteroatoms. The monoisotopic (exact) mass is 159 g/mol. The summed E-state index contributed by atoms with van der Waals surface area (Å²) in [7, 11) is 0. The van der Waals surface area contributed by atoms with E-state index >= 15 is 0 Å². The van der Waals surface area contributed by atoms with Gasteiger partial charge in [0.05, 0.1) is 0 Å². The Bertz CT molecular complexity index is 95.5. The smallest absolute Gasteiger partial charge is 0.0201 e. The number of rotatable bonds is 5. The van der Waals surface area contributed by atoms with E-state index in [1.54, 1.807) is 0 Å². The zero-order valence-electron chi connectivity index (χ0n) is 7.64. The van der Waals surface area contributed by atoms with Gasteiger partial charge in [-0.15, -0.1) is 0 Å². The van der Waals surface area contributed by atoms with Crippen LogP contribution in [0.4, 0.5) is 0 Å². The van der Waals surface area contributed by atoms with E-state index in [9.17, 15) is 0 Å². The molecule has 0 aromatic heterocycles. The Morgan fingerprint density at radius 3 is 1.64 bits per heavy atom. The zero-order chi connectivity index (χ0) is 8.91. The van der Waals surface area contributed by atoms with E-state index in [-0.39, 0.29) is 5.54 Å². The zero-order valence-corrected chi connectivity index (χ0v) is 7.64. The third kappa shape index (κ3) is 3.18. The summed E-state index contributed by atoms with van der Waals surface area (Å²) in [6.07, 6.45) is 1.73. The Hall–Kier alpha value is -0.120. The van der Waals surface area contributed by atoms with Crippen LogP contribution in [-0.4, -0.2) is 18.6 Å². The predicted octanol–water partition coefficient (Wildman–Crippen LogP) is 0.0375. The van der Waals surface area contributed by atoms with Crippen molar-refractivity contribution < 1.29 is 0 Å². The molecule has 68 valence electrons. The summed E-state index contributed by atoms with van der Waals surface area (Å²) in [6, 6.07) is 0. The van der Waals surface area contributed by atoms with E-state index < -0.39 is 0 Å². The third-order valence-corrected chi connectivity index (χ3v) is 2.37. The number of nitrogens with two attached hydrogens (primary N) is 3. The van der Waals surface area contributed by atoms with Crippen molar-refractivity contribution in [3.8, 4) is 0 Å². The van der Waals surface area contributed by atoms with Crippen LogP contribution in [0.3, 0.4) is 0 Å². The maximum atomic E-state index is 6.10. The van der Waals surface area contributed by atoms with Gasteiger partial charge in [-0.25, -0.2) is 0 Å². The quantitative estimate of drug-likeness (QED) is 0.530. The average Bonchev–Trinajstić information content (AvgIpc) is 1.88. The van der Waals surface area contributed by atoms with E-state index in [1.807, 2.05) is 0 Å². The van der Waals surface area contributed by atoms with Gasteiger partial charge < -0.3 is 17.2 Å². The molecule has 0 saturated heterocycles. The van der Waals surface area contributed by atoms with Gasteiger partial charge in [-0.3, -0.25) is 0 Å². The fraction of sp³-hybridized carbons (Fsp3) is 1.00. The Kier molecular flexibility index (Phi) is 4.65. The topological polar surface area (TPSA) is 78.1 Å². The highest BCUT2D eigenvalue weighted by Crippen LogP contribution is 2.20. The Balaban J connectivity index is 4.01. The molecule has 0 heterocycles. The molecule has 0 aromatic carbocycles. The molecule has 0 spiro atoms. The second-order valence-corrected chi connectivity index (χ2v) is 3.47. The van der Waals surface area contributed by atoms with Gasteiger partial charge in [0.25, 0.3) is 0 Å². The van der Waals surface area contributed by atoms with Crippen molar-refractivity contribution in [1.29, 1.82) is 0 Å². The molecule has 0 fully saturated rings. The molecule has 0 bridgehead atoms. The SMILES string of the molecule is CC(C)C(N)(CCN)CCN. The van der Waals surface area contributed by atoms with Crippen molar-refractivity contribution in [3.05, 3.63) is 0 Å². The summed E-state index contributed by atoms with van der Waals surface area (Å²) < 4.78 is 0. The molecule has 0 atom stereocenters. The molecule has 6 N–H and O–H groups in total. The van der Waals surface area contributed by atoms with Gasteiger partial charge in [0.1, 0.15) is 0 Å². The molecule has 0 aromatic rings. The first kappa shape index (κ1) is 10.9. The van der Waals surface area contributed by atoms with Gasteiger partial charge in [0.2, 0.25) is 0 Å². The summed E-state index contributed by atoms with van der Waals surface area (Å²) in [6.45, 7) is 5.53. The first-order chi connectivity index (χ1) is 5.06. The molecular weight excluding hydrogens is 138 g/mol. The van der Waals surface area contributed by atoms with Crippen LogP contribution < -0.4 is 17.2 Å². The molecule has 11 heavy (non-hydrogen) atoms. The Morgan fingerprint density at radius 2 is 1.45 bits per heavy atom. The van der Waals surface area contributed by atoms with Crippen LogP contribution in [0, 0.1) is 5.92 Å². The summed E-state index contributed by atoms with van der Waals surface area (Å²) in [5.74, 6) is 0.453. The van der Waals surface area contributed by atoms with Crippen molar-refractivity contribution >= 4 is 0 Å². The average molecular weight is 159 g/mol. The minimum absolute atomic E-state index is 0.149. The van der Waals surface area contributed by atoms with Gasteiger partial charge in [-0.2, -0.15) is 0 Å². The largest absolute Gasteiger partial charge is 0.330 e. The lowest BCUT2D eigenvalue weighted by Crippen LogP contribution is -2.48. The van der Waals surface area contributed by atoms with Crippen molar-refractivity contribution in [2.24, 2.45) is 23.1 Å². The maximum Gasteiger partial charge on any atom is 0.0201 e. The third-order valence-electron chi connectivity index (χ3n) is 2.37. The molecule has 3 nitrogen and oxygen atoms in total. The van der Waals surface area contributed by atoms with Gasteiger partial charge in [-0.1, -0.05) is 13.8 Å². The summed E-state index contributed by atoms with van der Waals surface area (Å²) in [4.78, 5) is 0. The molecule has 0 aliphatic heterocycles. The first-order valence-corrected chi connectivity index (χ1v) is 4.26. The second-order valence-electron chi connectivity index (χ2n) is 3.47. The van der Waals surface area contributed by atoms with Gasteiger partial charge in [-0.05, 0) is 31.8 Å². The number of hydrogen-bond acceptors (Lipinski definition) is 3. The van der Waals surface area contributed by atoms with Crippen LogP contribution >= 0.6 is 0 Å². The molecule has 0 unspecified atom stereocenters. The van der Waals surface area contributed by atoms with Crippen LogP contribution in [0.2, 0.25) is 0 Å². The second kappa shape index (κ2) is 4.70. The summed E-state index contributed by atoms with van der Waals surface area (Å²) >= 11 is 0. The van der Waals surface area contributed by atoms with E-state index in [1.165, 1.54) is 0 Å². The normalized spacial score (nSPS) is 12.5. The minimum atomic E-state index is -0.149. The van der Waals surface area contributed by atoms with Crippen LogP contribution in [-0.2, 0) is 0 Å². The molecule has 0 saturated carbocycles. The van der Waals surface area contributed by atoms with Crippen molar-refractivity contribution in [2.45, 2.75) is 32.2 Å². The van der Waals surface area contributed by atoms with E-state index in [0.717, 1.165) is 12.8 Å². The van der Waals surface area contributed by atoms with Gasteiger partial charge >= 0.3 is 0 Å². The van der Waals surface area contributed by atoms with Crippen LogP contribution in [0.5, 0.6) is 0 Å². The molecule has 0 radical (unpaired) electrons. The standard InChI is InChI=1S/C8H21N3/c1-7(2)8(11,3-5-9)4-6-10/h7H,3-6,9-11H2,1-2H3. The highest BCUT2D eigenvalue weighted by molar-refractivity contribution is 4.87. The van der Waals surface area contributed by atoms with Crippen molar-refractivity contribution in [1.82, 2.24) is 0 Å². The Labute approximate surface area is 69.3 Å². The van der Waals surface area contributed by atoms with E-state index in [0.29, 0.717) is 19.0 Å². The van der Waals surface area contributed by atoms with Crippen molar-refractivity contribution in [2.75, 3.05) is 13.1 Å². The lowest BCUT2D eigenvalue weighted by molar-refractivity contribution is 0.276. The fourth-order valence-corrected chi connectivity index (χ4v) is 1.24. The molecular formula is C8H21N3. The first-order valence-electron chi connectivity index (χ1n) is 4.26. The lowest BCUT2D eigenvalue weighted by atomic mass is 9.81. The van der Waals surface area contributed by atoms with E-state index in [4.69, 9.17) is 17.2 Å². The Morgan fingerprint density at radius 1 is 1.09 bits per heavy atom. The number of hydrogen-bond donors (Lipinski definition) is 3. The fourth-order valence-electron chi connectivity index (χ4n) is 1.24. The van der Waals surface area contributed by atoms with Crippen molar-refractivity contribution in [3.63, 3.8) is 0 Å². The van der Waals surface area contributed by atoms with Gasteiger partial charge in [0, 0.05) is 5.54 Å². The lowest BCUT2D eigenvalue weighted by Gasteiger charge is -2.33. The van der Waals surface area contributed by atoms with Crippen LogP contribution in [0.15, 0.2) is 0 Å². The molecule has 0 amide bonds. The molecule has 0 aliphatic carbocycles. The minimum Gasteiger partial charge on any atom is -0.330 e. The predicted molar refractivity (Wildman–Crippen MR) is 49.1 cm³/mol. The molecule has 0 aliphatic rings. The maximum absolute atomic E-state index is 6.10. The summed E-state index contributed by atoms with van der Waals surface area (Å²) in [5.41, 5.74) is 16.9. The molecule has 0 rings (SSSR count).